The molecule has 0 fully saturated rings. The number of hydrogen-bond acceptors (Lipinski definition) is 5. The van der Waals surface area contributed by atoms with Crippen molar-refractivity contribution in [2.75, 3.05) is 7.11 Å². The summed E-state index contributed by atoms with van der Waals surface area (Å²) in [4.78, 5) is 25.8. The fourth-order valence-electron chi connectivity index (χ4n) is 1.24. The van der Waals surface area contributed by atoms with Crippen LogP contribution in [0.5, 0.6) is 0 Å². The van der Waals surface area contributed by atoms with Crippen molar-refractivity contribution in [3.63, 3.8) is 0 Å². The van der Waals surface area contributed by atoms with Gasteiger partial charge in [-0.2, -0.15) is 0 Å². The number of esters is 1. The summed E-state index contributed by atoms with van der Waals surface area (Å²) in [5.74, 6) is -1.69. The molecule has 0 saturated carbocycles. The molecule has 6 nitrogen and oxygen atoms in total. The van der Waals surface area contributed by atoms with Gasteiger partial charge in [0.25, 0.3) is 0 Å². The maximum absolute atomic E-state index is 11.1. The maximum atomic E-state index is 11.1. The Morgan fingerprint density at radius 3 is 2.88 bits per heavy atom. The van der Waals surface area contributed by atoms with E-state index < -0.39 is 18.0 Å². The fourth-order valence-corrected chi connectivity index (χ4v) is 1.24. The zero-order valence-electron chi connectivity index (χ0n) is 8.71. The number of rotatable bonds is 4. The molecule has 0 aliphatic rings. The van der Waals surface area contributed by atoms with Gasteiger partial charge in [0.15, 0.2) is 0 Å². The SMILES string of the molecule is COC(=O)[C@H](N)Cc1ncccc1C(=O)O. The lowest BCUT2D eigenvalue weighted by molar-refractivity contribution is -0.142. The summed E-state index contributed by atoms with van der Waals surface area (Å²) in [6.07, 6.45) is 1.49. The highest BCUT2D eigenvalue weighted by Gasteiger charge is 2.19. The quantitative estimate of drug-likeness (QED) is 0.688. The van der Waals surface area contributed by atoms with Crippen molar-refractivity contribution in [3.8, 4) is 0 Å². The van der Waals surface area contributed by atoms with Gasteiger partial charge < -0.3 is 15.6 Å². The Kier molecular flexibility index (Phi) is 3.96. The Morgan fingerprint density at radius 2 is 2.31 bits per heavy atom. The predicted molar refractivity (Wildman–Crippen MR) is 54.9 cm³/mol. The van der Waals surface area contributed by atoms with Crippen molar-refractivity contribution in [1.29, 1.82) is 0 Å². The van der Waals surface area contributed by atoms with E-state index in [2.05, 4.69) is 9.72 Å². The van der Waals surface area contributed by atoms with Crippen molar-refractivity contribution in [2.24, 2.45) is 5.73 Å². The number of carboxylic acids is 1. The fraction of sp³-hybridized carbons (Fsp3) is 0.300. The molecule has 1 rings (SSSR count). The second-order valence-corrected chi connectivity index (χ2v) is 3.14. The number of nitrogens with two attached hydrogens (primary N) is 1. The minimum absolute atomic E-state index is 0.0369. The lowest BCUT2D eigenvalue weighted by atomic mass is 10.1. The normalized spacial score (nSPS) is 11.9. The van der Waals surface area contributed by atoms with Crippen molar-refractivity contribution in [2.45, 2.75) is 12.5 Å². The van der Waals surface area contributed by atoms with E-state index in [0.29, 0.717) is 0 Å². The molecule has 0 spiro atoms. The number of aromatic nitrogens is 1. The summed E-state index contributed by atoms with van der Waals surface area (Å²) in [5.41, 5.74) is 5.84. The van der Waals surface area contributed by atoms with Gasteiger partial charge in [-0.25, -0.2) is 4.79 Å². The minimum Gasteiger partial charge on any atom is -0.478 e. The molecule has 0 aliphatic carbocycles. The van der Waals surface area contributed by atoms with E-state index in [9.17, 15) is 9.59 Å². The Morgan fingerprint density at radius 1 is 1.62 bits per heavy atom. The van der Waals surface area contributed by atoms with Crippen molar-refractivity contribution in [3.05, 3.63) is 29.6 Å². The van der Waals surface area contributed by atoms with Gasteiger partial charge in [-0.1, -0.05) is 0 Å². The molecule has 1 atom stereocenters. The number of ether oxygens (including phenoxy) is 1. The van der Waals surface area contributed by atoms with Crippen LogP contribution in [0.3, 0.4) is 0 Å². The molecular formula is C10H12N2O4. The number of carbonyl (C=O) groups is 2. The first kappa shape index (κ1) is 12.1. The van der Waals surface area contributed by atoms with E-state index in [1.54, 1.807) is 0 Å². The summed E-state index contributed by atoms with van der Waals surface area (Å²) in [6, 6.07) is 2.02. The monoisotopic (exact) mass is 224 g/mol. The topological polar surface area (TPSA) is 103 Å². The molecule has 0 aliphatic heterocycles. The molecule has 86 valence electrons. The van der Waals surface area contributed by atoms with E-state index in [0.717, 1.165) is 0 Å². The van der Waals surface area contributed by atoms with Gasteiger partial charge in [-0.05, 0) is 12.1 Å². The molecule has 16 heavy (non-hydrogen) atoms. The highest BCUT2D eigenvalue weighted by atomic mass is 16.5. The van der Waals surface area contributed by atoms with Gasteiger partial charge in [-0.15, -0.1) is 0 Å². The molecule has 1 heterocycles. The van der Waals surface area contributed by atoms with E-state index in [1.807, 2.05) is 0 Å². The second kappa shape index (κ2) is 5.22. The van der Waals surface area contributed by atoms with Crippen LogP contribution in [0.15, 0.2) is 18.3 Å². The number of aromatic carboxylic acids is 1. The smallest absolute Gasteiger partial charge is 0.337 e. The van der Waals surface area contributed by atoms with Gasteiger partial charge in [0, 0.05) is 12.6 Å². The molecule has 3 N–H and O–H groups in total. The lowest BCUT2D eigenvalue weighted by Gasteiger charge is -2.09. The molecule has 0 unspecified atom stereocenters. The molecule has 0 bridgehead atoms. The summed E-state index contributed by atoms with van der Waals surface area (Å²) >= 11 is 0. The van der Waals surface area contributed by atoms with Crippen molar-refractivity contribution < 1.29 is 19.4 Å². The van der Waals surface area contributed by atoms with Gasteiger partial charge in [0.2, 0.25) is 0 Å². The Bertz CT molecular complexity index is 406. The van der Waals surface area contributed by atoms with E-state index >= 15 is 0 Å². The number of hydrogen-bond donors (Lipinski definition) is 2. The number of pyridine rings is 1. The van der Waals surface area contributed by atoms with Gasteiger partial charge in [0.05, 0.1) is 18.4 Å². The zero-order valence-corrected chi connectivity index (χ0v) is 8.71. The van der Waals surface area contributed by atoms with Crippen LogP contribution in [0.4, 0.5) is 0 Å². The van der Waals surface area contributed by atoms with E-state index in [-0.39, 0.29) is 17.7 Å². The number of carboxylic acid groups (broad SMARTS) is 1. The zero-order chi connectivity index (χ0) is 12.1. The van der Waals surface area contributed by atoms with Crippen LogP contribution < -0.4 is 5.73 Å². The molecule has 0 amide bonds. The standard InChI is InChI=1S/C10H12N2O4/c1-16-10(15)7(11)5-8-6(9(13)14)3-2-4-12-8/h2-4,7H,5,11H2,1H3,(H,13,14)/t7-/m1/s1. The van der Waals surface area contributed by atoms with Crippen molar-refractivity contribution in [1.82, 2.24) is 4.98 Å². The molecule has 0 aromatic carbocycles. The van der Waals surface area contributed by atoms with E-state index in [1.165, 1.54) is 25.4 Å². The minimum atomic E-state index is -1.10. The molecule has 0 radical (unpaired) electrons. The first-order chi connectivity index (χ1) is 7.56. The van der Waals surface area contributed by atoms with Gasteiger partial charge >= 0.3 is 11.9 Å². The highest BCUT2D eigenvalue weighted by Crippen LogP contribution is 2.08. The largest absolute Gasteiger partial charge is 0.478 e. The number of carbonyl (C=O) groups excluding carboxylic acids is 1. The molecule has 0 saturated heterocycles. The lowest BCUT2D eigenvalue weighted by Crippen LogP contribution is -2.34. The molecule has 1 aromatic heterocycles. The third kappa shape index (κ3) is 2.77. The Labute approximate surface area is 92.0 Å². The summed E-state index contributed by atoms with van der Waals surface area (Å²) in [7, 11) is 1.22. The Balaban J connectivity index is 2.88. The van der Waals surface area contributed by atoms with Crippen LogP contribution in [-0.2, 0) is 16.0 Å². The van der Waals surface area contributed by atoms with Crippen LogP contribution in [0.25, 0.3) is 0 Å². The number of methoxy groups -OCH3 is 1. The van der Waals surface area contributed by atoms with E-state index in [4.69, 9.17) is 10.8 Å². The summed E-state index contributed by atoms with van der Waals surface area (Å²) < 4.78 is 4.45. The molecule has 1 aromatic rings. The average molecular weight is 224 g/mol. The second-order valence-electron chi connectivity index (χ2n) is 3.14. The Hall–Kier alpha value is -1.95. The molecule has 6 heteroatoms. The molecular weight excluding hydrogens is 212 g/mol. The van der Waals surface area contributed by atoms with Crippen LogP contribution in [0.1, 0.15) is 16.1 Å². The third-order valence-corrected chi connectivity index (χ3v) is 2.04. The van der Waals surface area contributed by atoms with Crippen LogP contribution in [0, 0.1) is 0 Å². The third-order valence-electron chi connectivity index (χ3n) is 2.04. The van der Waals surface area contributed by atoms with Crippen molar-refractivity contribution >= 4 is 11.9 Å². The number of nitrogens with zero attached hydrogens (tertiary/aromatic N) is 1. The first-order valence-electron chi connectivity index (χ1n) is 4.57. The van der Waals surface area contributed by atoms with Crippen LogP contribution >= 0.6 is 0 Å². The maximum Gasteiger partial charge on any atom is 0.337 e. The summed E-state index contributed by atoms with van der Waals surface area (Å²) in [6.45, 7) is 0. The first-order valence-corrected chi connectivity index (χ1v) is 4.57. The predicted octanol–water partition coefficient (Wildman–Crippen LogP) is -0.177. The highest BCUT2D eigenvalue weighted by molar-refractivity contribution is 5.89. The summed E-state index contributed by atoms with van der Waals surface area (Å²) in [5, 5.41) is 8.88. The van der Waals surface area contributed by atoms with Gasteiger partial charge in [-0.3, -0.25) is 9.78 Å². The van der Waals surface area contributed by atoms with Crippen LogP contribution in [-0.4, -0.2) is 35.2 Å². The van der Waals surface area contributed by atoms with Gasteiger partial charge in [0.1, 0.15) is 6.04 Å². The van der Waals surface area contributed by atoms with Crippen LogP contribution in [0.2, 0.25) is 0 Å². The average Bonchev–Trinajstić information content (AvgIpc) is 2.28.